The molecule has 0 amide bonds. The van der Waals surface area contributed by atoms with E-state index < -0.39 is 0 Å². The molecular formula is C30H16. The minimum absolute atomic E-state index is 1.33. The van der Waals surface area contributed by atoms with Gasteiger partial charge >= 0.3 is 0 Å². The Balaban J connectivity index is 1.96. The molecule has 0 radical (unpaired) electrons. The van der Waals surface area contributed by atoms with E-state index in [-0.39, 0.29) is 0 Å². The second kappa shape index (κ2) is 4.98. The van der Waals surface area contributed by atoms with Gasteiger partial charge in [-0.05, 0) is 75.4 Å². The van der Waals surface area contributed by atoms with E-state index in [1.165, 1.54) is 75.4 Å². The van der Waals surface area contributed by atoms with Crippen LogP contribution in [-0.2, 0) is 0 Å². The Hall–Kier alpha value is -3.90. The zero-order valence-corrected chi connectivity index (χ0v) is 16.2. The maximum absolute atomic E-state index is 2.33. The number of hydrogen-bond donors (Lipinski definition) is 0. The summed E-state index contributed by atoms with van der Waals surface area (Å²) >= 11 is 0. The van der Waals surface area contributed by atoms with Crippen molar-refractivity contribution in [3.63, 3.8) is 0 Å². The zero-order chi connectivity index (χ0) is 19.4. The molecule has 0 fully saturated rings. The van der Waals surface area contributed by atoms with Gasteiger partial charge in [-0.2, -0.15) is 0 Å². The SMILES string of the molecule is c1ccc2c(c1)c1cccc3c4cccc5ccc6c7ccccc7c2c(c13)c6c54. The van der Waals surface area contributed by atoms with Crippen molar-refractivity contribution in [3.8, 4) is 0 Å². The topological polar surface area (TPSA) is 0 Å². The number of fused-ring (bicyclic) bond motifs is 7. The summed E-state index contributed by atoms with van der Waals surface area (Å²) in [6.07, 6.45) is 0. The lowest BCUT2D eigenvalue weighted by atomic mass is 9.81. The fraction of sp³-hybridized carbons (Fsp3) is 0. The molecule has 0 unspecified atom stereocenters. The minimum Gasteiger partial charge on any atom is -0.0616 e. The fourth-order valence-electron chi connectivity index (χ4n) is 6.02. The lowest BCUT2D eigenvalue weighted by Crippen LogP contribution is -1.93. The summed E-state index contributed by atoms with van der Waals surface area (Å²) < 4.78 is 0. The van der Waals surface area contributed by atoms with Crippen LogP contribution in [0.25, 0.3) is 75.4 Å². The van der Waals surface area contributed by atoms with E-state index in [9.17, 15) is 0 Å². The van der Waals surface area contributed by atoms with Crippen LogP contribution in [0.2, 0.25) is 0 Å². The highest BCUT2D eigenvalue weighted by Gasteiger charge is 2.21. The van der Waals surface area contributed by atoms with Crippen molar-refractivity contribution in [2.45, 2.75) is 0 Å². The predicted molar refractivity (Wildman–Crippen MR) is 131 cm³/mol. The smallest absolute Gasteiger partial charge is 0.000116 e. The highest BCUT2D eigenvalue weighted by atomic mass is 14.2. The molecule has 0 aliphatic heterocycles. The van der Waals surface area contributed by atoms with E-state index in [4.69, 9.17) is 0 Å². The summed E-state index contributed by atoms with van der Waals surface area (Å²) in [5.41, 5.74) is 0. The summed E-state index contributed by atoms with van der Waals surface area (Å²) in [5, 5.41) is 19.2. The van der Waals surface area contributed by atoms with Gasteiger partial charge in [-0.3, -0.25) is 0 Å². The highest BCUT2D eigenvalue weighted by Crippen LogP contribution is 2.50. The molecule has 0 nitrogen and oxygen atoms in total. The summed E-state index contributed by atoms with van der Waals surface area (Å²) in [7, 11) is 0. The van der Waals surface area contributed by atoms with Crippen LogP contribution in [0.5, 0.6) is 0 Å². The third kappa shape index (κ3) is 1.55. The predicted octanol–water partition coefficient (Wildman–Crippen LogP) is 8.63. The Morgan fingerprint density at radius 3 is 1.30 bits per heavy atom. The van der Waals surface area contributed by atoms with E-state index in [0.29, 0.717) is 0 Å². The van der Waals surface area contributed by atoms with Gasteiger partial charge in [0.25, 0.3) is 0 Å². The van der Waals surface area contributed by atoms with E-state index in [1.807, 2.05) is 0 Å². The number of hydrogen-bond acceptors (Lipinski definition) is 0. The van der Waals surface area contributed by atoms with Gasteiger partial charge in [-0.15, -0.1) is 0 Å². The maximum atomic E-state index is 2.33. The van der Waals surface area contributed by atoms with Crippen LogP contribution in [0.1, 0.15) is 0 Å². The lowest BCUT2D eigenvalue weighted by Gasteiger charge is -2.21. The second-order valence-corrected chi connectivity index (χ2v) is 8.46. The third-order valence-corrected chi connectivity index (χ3v) is 7.12. The van der Waals surface area contributed by atoms with Crippen molar-refractivity contribution < 1.29 is 0 Å². The van der Waals surface area contributed by atoms with Crippen LogP contribution >= 0.6 is 0 Å². The zero-order valence-electron chi connectivity index (χ0n) is 16.2. The first-order chi connectivity index (χ1) is 14.9. The van der Waals surface area contributed by atoms with Crippen LogP contribution in [0.3, 0.4) is 0 Å². The summed E-state index contributed by atoms with van der Waals surface area (Å²) in [4.78, 5) is 0. The highest BCUT2D eigenvalue weighted by molar-refractivity contribution is 6.48. The Bertz CT molecular complexity index is 1900. The first-order valence-electron chi connectivity index (χ1n) is 10.6. The summed E-state index contributed by atoms with van der Waals surface area (Å²) in [5.74, 6) is 0. The molecule has 0 spiro atoms. The van der Waals surface area contributed by atoms with Crippen molar-refractivity contribution in [3.05, 3.63) is 97.1 Å². The van der Waals surface area contributed by atoms with Crippen molar-refractivity contribution in [1.29, 1.82) is 0 Å². The van der Waals surface area contributed by atoms with Crippen molar-refractivity contribution >= 4 is 75.4 Å². The van der Waals surface area contributed by atoms with Crippen LogP contribution in [-0.4, -0.2) is 0 Å². The molecule has 0 aliphatic rings. The monoisotopic (exact) mass is 376 g/mol. The number of benzene rings is 8. The van der Waals surface area contributed by atoms with E-state index in [1.54, 1.807) is 0 Å². The third-order valence-electron chi connectivity index (χ3n) is 7.12. The van der Waals surface area contributed by atoms with Gasteiger partial charge < -0.3 is 0 Å². The molecule has 0 bridgehead atoms. The Kier molecular flexibility index (Phi) is 2.49. The molecule has 8 aromatic rings. The Morgan fingerprint density at radius 2 is 0.667 bits per heavy atom. The average molecular weight is 376 g/mol. The number of rotatable bonds is 0. The molecule has 136 valence electrons. The standard InChI is InChI=1S/C30H16/c1-3-10-20-18(8-1)22-13-6-14-24-23-12-5-7-17-15-16-25-19-9-2-4-11-21(19)27(20)30(28(22)24)29(25)26(17)23/h1-16H. The van der Waals surface area contributed by atoms with Gasteiger partial charge in [-0.25, -0.2) is 0 Å². The molecule has 0 aliphatic carbocycles. The van der Waals surface area contributed by atoms with Crippen LogP contribution in [0.15, 0.2) is 97.1 Å². The van der Waals surface area contributed by atoms with E-state index >= 15 is 0 Å². The Morgan fingerprint density at radius 1 is 0.233 bits per heavy atom. The first kappa shape index (κ1) is 15.0. The van der Waals surface area contributed by atoms with Crippen molar-refractivity contribution in [1.82, 2.24) is 0 Å². The molecule has 0 saturated heterocycles. The summed E-state index contributed by atoms with van der Waals surface area (Å²) in [6.45, 7) is 0. The molecule has 0 N–H and O–H groups in total. The fourth-order valence-corrected chi connectivity index (χ4v) is 6.02. The van der Waals surface area contributed by atoms with Crippen LogP contribution < -0.4 is 0 Å². The molecule has 8 rings (SSSR count). The molecule has 0 saturated carbocycles. The second-order valence-electron chi connectivity index (χ2n) is 8.46. The van der Waals surface area contributed by atoms with Crippen molar-refractivity contribution in [2.75, 3.05) is 0 Å². The van der Waals surface area contributed by atoms with Crippen LogP contribution in [0.4, 0.5) is 0 Å². The maximum Gasteiger partial charge on any atom is -0.000116 e. The van der Waals surface area contributed by atoms with Gasteiger partial charge in [0.05, 0.1) is 0 Å². The summed E-state index contributed by atoms with van der Waals surface area (Å²) in [6, 6.07) is 36.1. The van der Waals surface area contributed by atoms with E-state index in [0.717, 1.165) is 0 Å². The Labute approximate surface area is 172 Å². The quantitative estimate of drug-likeness (QED) is 0.183. The van der Waals surface area contributed by atoms with Crippen molar-refractivity contribution in [2.24, 2.45) is 0 Å². The molecule has 30 heavy (non-hydrogen) atoms. The normalized spacial score (nSPS) is 12.7. The molecule has 0 heteroatoms. The van der Waals surface area contributed by atoms with Gasteiger partial charge in [0.15, 0.2) is 0 Å². The molecule has 0 heterocycles. The largest absolute Gasteiger partial charge is 0.0616 e. The molecule has 0 atom stereocenters. The molecular weight excluding hydrogens is 360 g/mol. The van der Waals surface area contributed by atoms with Crippen LogP contribution in [0, 0.1) is 0 Å². The first-order valence-corrected chi connectivity index (χ1v) is 10.6. The van der Waals surface area contributed by atoms with Gasteiger partial charge in [-0.1, -0.05) is 97.1 Å². The average Bonchev–Trinajstić information content (AvgIpc) is 2.82. The molecule has 0 aromatic heterocycles. The molecule has 8 aromatic carbocycles. The minimum atomic E-state index is 1.33. The van der Waals surface area contributed by atoms with E-state index in [2.05, 4.69) is 97.1 Å². The van der Waals surface area contributed by atoms with Gasteiger partial charge in [0, 0.05) is 0 Å². The van der Waals surface area contributed by atoms with Gasteiger partial charge in [0.1, 0.15) is 0 Å². The van der Waals surface area contributed by atoms with Gasteiger partial charge in [0.2, 0.25) is 0 Å². The lowest BCUT2D eigenvalue weighted by molar-refractivity contribution is 1.79.